The third-order valence-electron chi connectivity index (χ3n) is 5.60. The maximum Gasteiger partial charge on any atom is 0.230 e. The average Bonchev–Trinajstić information content (AvgIpc) is 2.96. The zero-order valence-electron chi connectivity index (χ0n) is 16.8. The Morgan fingerprint density at radius 1 is 1.19 bits per heavy atom. The van der Waals surface area contributed by atoms with E-state index in [0.29, 0.717) is 18.3 Å². The molecule has 0 radical (unpaired) electrons. The van der Waals surface area contributed by atoms with E-state index in [4.69, 9.17) is 4.98 Å². The van der Waals surface area contributed by atoms with Crippen LogP contribution in [0.4, 0.5) is 0 Å². The number of carbonyl (C=O) groups is 1. The molecular weight excluding hydrogens is 354 g/mol. The molecule has 1 aromatic carbocycles. The summed E-state index contributed by atoms with van der Waals surface area (Å²) in [4.78, 5) is 17.0. The van der Waals surface area contributed by atoms with Gasteiger partial charge >= 0.3 is 0 Å². The molecule has 0 bridgehead atoms. The van der Waals surface area contributed by atoms with Gasteiger partial charge in [-0.1, -0.05) is 55.3 Å². The first kappa shape index (κ1) is 20.0. The Hall–Kier alpha value is -1.75. The van der Waals surface area contributed by atoms with Gasteiger partial charge in [0, 0.05) is 18.3 Å². The monoisotopic (exact) mass is 385 g/mol. The van der Waals surface area contributed by atoms with Gasteiger partial charge in [-0.05, 0) is 51.2 Å². The first-order valence-electron chi connectivity index (χ1n) is 10.1. The van der Waals surface area contributed by atoms with Crippen LogP contribution in [0.15, 0.2) is 29.4 Å². The first-order chi connectivity index (χ1) is 13.1. The molecule has 5 heteroatoms. The second-order valence-electron chi connectivity index (χ2n) is 7.54. The largest absolute Gasteiger partial charge is 0.355 e. The van der Waals surface area contributed by atoms with Crippen LogP contribution in [-0.4, -0.2) is 27.8 Å². The van der Waals surface area contributed by atoms with Crippen LogP contribution in [0.25, 0.3) is 0 Å². The number of carbonyl (C=O) groups excluding carboxylic acids is 1. The molecule has 146 valence electrons. The van der Waals surface area contributed by atoms with Gasteiger partial charge in [-0.15, -0.1) is 0 Å². The first-order valence-corrected chi connectivity index (χ1v) is 11.0. The second-order valence-corrected chi connectivity index (χ2v) is 8.48. The van der Waals surface area contributed by atoms with Crippen molar-refractivity contribution in [3.05, 3.63) is 46.8 Å². The van der Waals surface area contributed by atoms with Crippen LogP contribution in [0.3, 0.4) is 0 Å². The number of amides is 1. The van der Waals surface area contributed by atoms with Crippen molar-refractivity contribution in [3.8, 4) is 0 Å². The average molecular weight is 386 g/mol. The van der Waals surface area contributed by atoms with Crippen LogP contribution < -0.4 is 5.32 Å². The predicted molar refractivity (Wildman–Crippen MR) is 112 cm³/mol. The number of aryl methyl sites for hydroxylation is 2. The van der Waals surface area contributed by atoms with Crippen molar-refractivity contribution in [1.82, 2.24) is 14.9 Å². The number of hydrogen-bond donors (Lipinski definition) is 1. The Kier molecular flexibility index (Phi) is 7.00. The Morgan fingerprint density at radius 2 is 1.93 bits per heavy atom. The molecule has 1 saturated carbocycles. The fraction of sp³-hybridized carbons (Fsp3) is 0.545. The van der Waals surface area contributed by atoms with Gasteiger partial charge in [0.1, 0.15) is 0 Å². The van der Waals surface area contributed by atoms with Crippen LogP contribution >= 0.6 is 11.8 Å². The lowest BCUT2D eigenvalue weighted by Gasteiger charge is -2.26. The van der Waals surface area contributed by atoms with Gasteiger partial charge in [0.15, 0.2) is 5.16 Å². The van der Waals surface area contributed by atoms with E-state index >= 15 is 0 Å². The van der Waals surface area contributed by atoms with E-state index in [1.165, 1.54) is 48.9 Å². The summed E-state index contributed by atoms with van der Waals surface area (Å²) in [5.41, 5.74) is 4.92. The predicted octanol–water partition coefficient (Wildman–Crippen LogP) is 4.76. The third-order valence-corrected chi connectivity index (χ3v) is 6.56. The molecule has 1 amide bonds. The lowest BCUT2D eigenvalue weighted by Crippen LogP contribution is -2.27. The Morgan fingerprint density at radius 3 is 2.67 bits per heavy atom. The third kappa shape index (κ3) is 5.16. The van der Waals surface area contributed by atoms with Crippen molar-refractivity contribution in [2.75, 3.05) is 12.3 Å². The van der Waals surface area contributed by atoms with Gasteiger partial charge in [-0.3, -0.25) is 4.79 Å². The maximum absolute atomic E-state index is 12.3. The van der Waals surface area contributed by atoms with Crippen LogP contribution in [0, 0.1) is 20.8 Å². The minimum Gasteiger partial charge on any atom is -0.355 e. The summed E-state index contributed by atoms with van der Waals surface area (Å²) in [6.07, 6.45) is 7.27. The van der Waals surface area contributed by atoms with Crippen LogP contribution in [0.2, 0.25) is 0 Å². The highest BCUT2D eigenvalue weighted by atomic mass is 32.2. The molecule has 3 rings (SSSR count). The van der Waals surface area contributed by atoms with Crippen molar-refractivity contribution in [2.24, 2.45) is 0 Å². The van der Waals surface area contributed by atoms with E-state index < -0.39 is 0 Å². The number of hydrogen-bond acceptors (Lipinski definition) is 3. The molecule has 0 unspecified atom stereocenters. The molecule has 1 aromatic heterocycles. The summed E-state index contributed by atoms with van der Waals surface area (Å²) in [5.74, 6) is 0.512. The Balaban J connectivity index is 1.53. The second kappa shape index (κ2) is 9.45. The summed E-state index contributed by atoms with van der Waals surface area (Å²) < 4.78 is 2.39. The van der Waals surface area contributed by atoms with Gasteiger partial charge in [0.2, 0.25) is 5.91 Å². The minimum atomic E-state index is 0.0853. The summed E-state index contributed by atoms with van der Waals surface area (Å²) in [6, 6.07) is 8.89. The maximum atomic E-state index is 12.3. The van der Waals surface area contributed by atoms with Crippen molar-refractivity contribution < 1.29 is 4.79 Å². The lowest BCUT2D eigenvalue weighted by atomic mass is 9.95. The molecule has 27 heavy (non-hydrogen) atoms. The topological polar surface area (TPSA) is 46.9 Å². The molecule has 4 nitrogen and oxygen atoms in total. The number of imidazole rings is 1. The minimum absolute atomic E-state index is 0.0853. The number of aromatic nitrogens is 2. The number of thioether (sulfide) groups is 1. The Labute approximate surface area is 167 Å². The van der Waals surface area contributed by atoms with E-state index in [0.717, 1.165) is 17.3 Å². The summed E-state index contributed by atoms with van der Waals surface area (Å²) >= 11 is 1.57. The van der Waals surface area contributed by atoms with Gasteiger partial charge in [0.05, 0.1) is 11.4 Å². The molecule has 1 N–H and O–H groups in total. The van der Waals surface area contributed by atoms with Crippen molar-refractivity contribution in [1.29, 1.82) is 0 Å². The molecule has 1 heterocycles. The van der Waals surface area contributed by atoms with Gasteiger partial charge in [0.25, 0.3) is 0 Å². The molecule has 0 atom stereocenters. The highest BCUT2D eigenvalue weighted by Gasteiger charge is 2.22. The van der Waals surface area contributed by atoms with E-state index in [-0.39, 0.29) is 5.91 Å². The van der Waals surface area contributed by atoms with Crippen LogP contribution in [0.5, 0.6) is 0 Å². The SMILES string of the molecule is Cc1ccccc1CCNC(=O)CSc1nc(C)c(C)n1C1CCCCC1. The summed E-state index contributed by atoms with van der Waals surface area (Å²) in [6.45, 7) is 7.02. The standard InChI is InChI=1S/C22H31N3OS/c1-16-9-7-8-10-19(16)13-14-23-21(26)15-27-22-24-17(2)18(3)25(22)20-11-5-4-6-12-20/h7-10,20H,4-6,11-15H2,1-3H3,(H,23,26). The van der Waals surface area contributed by atoms with Gasteiger partial charge < -0.3 is 9.88 Å². The number of nitrogens with one attached hydrogen (secondary N) is 1. The zero-order valence-corrected chi connectivity index (χ0v) is 17.6. The Bertz CT molecular complexity index is 778. The molecule has 0 saturated heterocycles. The number of benzene rings is 1. The fourth-order valence-electron chi connectivity index (χ4n) is 3.88. The summed E-state index contributed by atoms with van der Waals surface area (Å²) in [7, 11) is 0. The molecule has 0 aliphatic heterocycles. The number of rotatable bonds is 7. The summed E-state index contributed by atoms with van der Waals surface area (Å²) in [5, 5.41) is 4.06. The van der Waals surface area contributed by atoms with Crippen molar-refractivity contribution >= 4 is 17.7 Å². The molecule has 1 aliphatic rings. The van der Waals surface area contributed by atoms with E-state index in [1.807, 2.05) is 6.07 Å². The van der Waals surface area contributed by atoms with Crippen LogP contribution in [-0.2, 0) is 11.2 Å². The van der Waals surface area contributed by atoms with Gasteiger partial charge in [-0.25, -0.2) is 4.98 Å². The van der Waals surface area contributed by atoms with E-state index in [9.17, 15) is 4.79 Å². The molecule has 2 aromatic rings. The van der Waals surface area contributed by atoms with E-state index in [2.05, 4.69) is 48.9 Å². The van der Waals surface area contributed by atoms with Crippen molar-refractivity contribution in [2.45, 2.75) is 70.5 Å². The van der Waals surface area contributed by atoms with E-state index in [1.54, 1.807) is 11.8 Å². The molecular formula is C22H31N3OS. The highest BCUT2D eigenvalue weighted by Crippen LogP contribution is 2.34. The molecule has 1 aliphatic carbocycles. The van der Waals surface area contributed by atoms with Crippen LogP contribution in [0.1, 0.15) is 60.7 Å². The molecule has 1 fully saturated rings. The normalized spacial score (nSPS) is 15.1. The zero-order chi connectivity index (χ0) is 19.2. The molecule has 0 spiro atoms. The smallest absolute Gasteiger partial charge is 0.230 e. The quantitative estimate of drug-likeness (QED) is 0.699. The highest BCUT2D eigenvalue weighted by molar-refractivity contribution is 7.99. The fourth-order valence-corrected chi connectivity index (χ4v) is 4.86. The van der Waals surface area contributed by atoms with Gasteiger partial charge in [-0.2, -0.15) is 0 Å². The number of nitrogens with zero attached hydrogens (tertiary/aromatic N) is 2. The van der Waals surface area contributed by atoms with Crippen molar-refractivity contribution in [3.63, 3.8) is 0 Å². The lowest BCUT2D eigenvalue weighted by molar-refractivity contribution is -0.118.